The summed E-state index contributed by atoms with van der Waals surface area (Å²) in [5, 5.41) is 6.30. The predicted octanol–water partition coefficient (Wildman–Crippen LogP) is 3.67. The molecule has 0 bridgehead atoms. The second-order valence-electron chi connectivity index (χ2n) is 9.70. The van der Waals surface area contributed by atoms with Crippen LogP contribution in [-0.4, -0.2) is 57.6 Å². The van der Waals surface area contributed by atoms with E-state index in [0.717, 1.165) is 41.5 Å². The van der Waals surface area contributed by atoms with Crippen molar-refractivity contribution in [1.29, 1.82) is 0 Å². The molecule has 0 saturated heterocycles. The van der Waals surface area contributed by atoms with Gasteiger partial charge in [-0.15, -0.1) is 0 Å². The SMILES string of the molecule is CN1C(=O)C(c2cn(CCCn3ccnc3)c3ccccc23)=C(c2nn(C)c3nc4cccnc4cc23)C1=O. The monoisotopic (exact) mass is 516 g/mol. The summed E-state index contributed by atoms with van der Waals surface area (Å²) in [6.45, 7) is 1.57. The summed E-state index contributed by atoms with van der Waals surface area (Å²) >= 11 is 0. The van der Waals surface area contributed by atoms with Crippen LogP contribution in [0.1, 0.15) is 17.7 Å². The minimum Gasteiger partial charge on any atom is -0.347 e. The predicted molar refractivity (Wildman–Crippen MR) is 147 cm³/mol. The average molecular weight is 517 g/mol. The van der Waals surface area contributed by atoms with Crippen LogP contribution in [0.15, 0.2) is 73.6 Å². The molecule has 6 aromatic rings. The summed E-state index contributed by atoms with van der Waals surface area (Å²) in [4.78, 5) is 41.7. The molecule has 10 heteroatoms. The van der Waals surface area contributed by atoms with Crippen molar-refractivity contribution in [2.75, 3.05) is 7.05 Å². The van der Waals surface area contributed by atoms with Gasteiger partial charge in [0.1, 0.15) is 5.69 Å². The van der Waals surface area contributed by atoms with Gasteiger partial charge >= 0.3 is 0 Å². The van der Waals surface area contributed by atoms with Gasteiger partial charge in [-0.1, -0.05) is 18.2 Å². The number of hydrogen-bond donors (Lipinski definition) is 0. The number of imidazole rings is 1. The smallest absolute Gasteiger partial charge is 0.263 e. The zero-order chi connectivity index (χ0) is 26.7. The molecule has 0 fully saturated rings. The molecule has 6 heterocycles. The largest absolute Gasteiger partial charge is 0.347 e. The molecule has 1 aliphatic rings. The van der Waals surface area contributed by atoms with E-state index in [0.29, 0.717) is 27.8 Å². The minimum absolute atomic E-state index is 0.284. The second-order valence-corrected chi connectivity index (χ2v) is 9.70. The van der Waals surface area contributed by atoms with E-state index < -0.39 is 0 Å². The first-order valence-electron chi connectivity index (χ1n) is 12.7. The van der Waals surface area contributed by atoms with Crippen LogP contribution in [0.25, 0.3) is 44.1 Å². The molecule has 0 spiro atoms. The Bertz CT molecular complexity index is 1960. The molecule has 0 saturated carbocycles. The maximum Gasteiger partial charge on any atom is 0.263 e. The standard InChI is InChI=1S/C29H24N8O2/c1-34-28(38)24(20-16-37(23-9-4-3-7-18(20)23)13-6-12-36-14-11-30-17-36)25(29(34)39)26-19-15-22-21(8-5-10-31-22)32-27(19)35(2)33-26/h3-5,7-11,14-17H,6,12-13H2,1-2H3. The number of likely N-dealkylation sites (N-methyl/N-ethyl adjacent to an activating group) is 1. The van der Waals surface area contributed by atoms with Crippen LogP contribution in [0.5, 0.6) is 0 Å². The molecule has 0 aliphatic carbocycles. The van der Waals surface area contributed by atoms with Gasteiger partial charge in [-0.3, -0.25) is 19.5 Å². The molecule has 2 amide bonds. The Kier molecular flexibility index (Phi) is 5.15. The summed E-state index contributed by atoms with van der Waals surface area (Å²) in [5.74, 6) is -0.727. The van der Waals surface area contributed by atoms with Crippen molar-refractivity contribution in [3.8, 4) is 0 Å². The molecule has 39 heavy (non-hydrogen) atoms. The van der Waals surface area contributed by atoms with Crippen molar-refractivity contribution >= 4 is 55.9 Å². The van der Waals surface area contributed by atoms with Crippen molar-refractivity contribution in [1.82, 2.24) is 38.8 Å². The highest BCUT2D eigenvalue weighted by molar-refractivity contribution is 6.50. The summed E-state index contributed by atoms with van der Waals surface area (Å²) < 4.78 is 5.84. The summed E-state index contributed by atoms with van der Waals surface area (Å²) in [6.07, 6.45) is 10.1. The van der Waals surface area contributed by atoms with Gasteiger partial charge in [-0.25, -0.2) is 14.6 Å². The fourth-order valence-corrected chi connectivity index (χ4v) is 5.43. The van der Waals surface area contributed by atoms with Crippen molar-refractivity contribution < 1.29 is 9.59 Å². The van der Waals surface area contributed by atoms with Gasteiger partial charge in [0.15, 0.2) is 5.65 Å². The third-order valence-electron chi connectivity index (χ3n) is 7.33. The summed E-state index contributed by atoms with van der Waals surface area (Å²) in [6, 6.07) is 13.6. The van der Waals surface area contributed by atoms with Crippen LogP contribution in [0.2, 0.25) is 0 Å². The number of hydrogen-bond acceptors (Lipinski definition) is 6. The number of benzene rings is 1. The number of carbonyl (C=O) groups excluding carboxylic acids is 2. The lowest BCUT2D eigenvalue weighted by Gasteiger charge is -2.06. The van der Waals surface area contributed by atoms with Gasteiger partial charge in [0.25, 0.3) is 11.8 Å². The Balaban J connectivity index is 1.42. The zero-order valence-corrected chi connectivity index (χ0v) is 21.4. The quantitative estimate of drug-likeness (QED) is 0.313. The van der Waals surface area contributed by atoms with E-state index in [1.165, 1.54) is 11.9 Å². The first-order valence-corrected chi connectivity index (χ1v) is 12.7. The van der Waals surface area contributed by atoms with E-state index in [9.17, 15) is 9.59 Å². The second kappa shape index (κ2) is 8.73. The molecule has 0 atom stereocenters. The number of fused-ring (bicyclic) bond motifs is 3. The van der Waals surface area contributed by atoms with E-state index in [2.05, 4.69) is 14.5 Å². The molecule has 1 aliphatic heterocycles. The third-order valence-corrected chi connectivity index (χ3v) is 7.33. The van der Waals surface area contributed by atoms with Gasteiger partial charge < -0.3 is 9.13 Å². The molecular formula is C29H24N8O2. The number of nitrogens with zero attached hydrogens (tertiary/aromatic N) is 8. The number of aromatic nitrogens is 7. The number of imide groups is 1. The normalized spacial score (nSPS) is 14.2. The van der Waals surface area contributed by atoms with Crippen molar-refractivity contribution in [3.63, 3.8) is 0 Å². The lowest BCUT2D eigenvalue weighted by atomic mass is 9.98. The fraction of sp³-hybridized carbons (Fsp3) is 0.172. The van der Waals surface area contributed by atoms with Gasteiger partial charge in [0, 0.05) is 73.8 Å². The molecule has 7 rings (SSSR count). The van der Waals surface area contributed by atoms with E-state index in [4.69, 9.17) is 10.1 Å². The molecular weight excluding hydrogens is 492 g/mol. The van der Waals surface area contributed by atoms with Crippen LogP contribution in [0.3, 0.4) is 0 Å². The minimum atomic E-state index is -0.381. The number of carbonyl (C=O) groups is 2. The van der Waals surface area contributed by atoms with Crippen LogP contribution in [0, 0.1) is 0 Å². The zero-order valence-electron chi connectivity index (χ0n) is 21.4. The average Bonchev–Trinajstić information content (AvgIpc) is 3.72. The van der Waals surface area contributed by atoms with Gasteiger partial charge in [-0.05, 0) is 30.7 Å². The number of rotatable bonds is 6. The number of amides is 2. The maximum absolute atomic E-state index is 13.6. The van der Waals surface area contributed by atoms with E-state index in [1.807, 2.05) is 59.4 Å². The van der Waals surface area contributed by atoms with Crippen molar-refractivity contribution in [2.24, 2.45) is 7.05 Å². The van der Waals surface area contributed by atoms with Crippen LogP contribution in [-0.2, 0) is 29.7 Å². The van der Waals surface area contributed by atoms with Crippen molar-refractivity contribution in [2.45, 2.75) is 19.5 Å². The Labute approximate surface area is 222 Å². The lowest BCUT2D eigenvalue weighted by molar-refractivity contribution is -0.134. The fourth-order valence-electron chi connectivity index (χ4n) is 5.43. The van der Waals surface area contributed by atoms with Gasteiger partial charge in [-0.2, -0.15) is 5.10 Å². The van der Waals surface area contributed by atoms with Crippen LogP contribution in [0.4, 0.5) is 0 Å². The lowest BCUT2D eigenvalue weighted by Crippen LogP contribution is -2.26. The summed E-state index contributed by atoms with van der Waals surface area (Å²) in [5.41, 5.74) is 4.84. The Hall–Kier alpha value is -5.12. The number of para-hydroxylation sites is 1. The van der Waals surface area contributed by atoms with Gasteiger partial charge in [0.05, 0.1) is 28.5 Å². The third kappa shape index (κ3) is 3.56. The molecule has 1 aromatic carbocycles. The molecule has 5 aromatic heterocycles. The van der Waals surface area contributed by atoms with Gasteiger partial charge in [0.2, 0.25) is 0 Å². The highest BCUT2D eigenvalue weighted by atomic mass is 16.2. The van der Waals surface area contributed by atoms with Crippen LogP contribution >= 0.6 is 0 Å². The Morgan fingerprint density at radius 2 is 1.72 bits per heavy atom. The molecule has 0 unspecified atom stereocenters. The van der Waals surface area contributed by atoms with Crippen molar-refractivity contribution in [3.05, 3.63) is 84.8 Å². The molecule has 0 radical (unpaired) electrons. The van der Waals surface area contributed by atoms with E-state index in [-0.39, 0.29) is 17.4 Å². The molecule has 192 valence electrons. The maximum atomic E-state index is 13.6. The van der Waals surface area contributed by atoms with E-state index in [1.54, 1.807) is 30.5 Å². The Morgan fingerprint density at radius 3 is 2.56 bits per heavy atom. The number of pyridine rings is 2. The highest BCUT2D eigenvalue weighted by Crippen LogP contribution is 2.40. The Morgan fingerprint density at radius 1 is 0.872 bits per heavy atom. The number of aryl methyl sites for hydroxylation is 3. The van der Waals surface area contributed by atoms with E-state index >= 15 is 0 Å². The highest BCUT2D eigenvalue weighted by Gasteiger charge is 2.40. The van der Waals surface area contributed by atoms with Crippen LogP contribution < -0.4 is 0 Å². The first kappa shape index (κ1) is 23.0. The summed E-state index contributed by atoms with van der Waals surface area (Å²) in [7, 11) is 3.31. The first-order chi connectivity index (χ1) is 19.0. The topological polar surface area (TPSA) is 104 Å². The molecule has 10 nitrogen and oxygen atoms in total. The molecule has 0 N–H and O–H groups in total.